The maximum Gasteiger partial charge on any atom is 0.197 e. The fourth-order valence-electron chi connectivity index (χ4n) is 3.57. The maximum absolute atomic E-state index is 14.9. The third-order valence-electron chi connectivity index (χ3n) is 5.07. The van der Waals surface area contributed by atoms with E-state index in [4.69, 9.17) is 0 Å². The number of benzene rings is 3. The van der Waals surface area contributed by atoms with Crippen molar-refractivity contribution < 1.29 is 4.39 Å². The second-order valence-corrected chi connectivity index (χ2v) is 8.23. The molecule has 0 radical (unpaired) electrons. The zero-order chi connectivity index (χ0) is 21.8. The average Bonchev–Trinajstić information content (AvgIpc) is 3.28. The molecule has 0 bridgehead atoms. The zero-order valence-corrected chi connectivity index (χ0v) is 17.9. The van der Waals surface area contributed by atoms with Crippen molar-refractivity contribution in [3.63, 3.8) is 0 Å². The number of hydrogen-bond acceptors (Lipinski definition) is 4. The van der Waals surface area contributed by atoms with Crippen molar-refractivity contribution in [3.8, 4) is 17.1 Å². The van der Waals surface area contributed by atoms with Gasteiger partial charge in [-0.1, -0.05) is 84.6 Å². The molecule has 0 aliphatic carbocycles. The van der Waals surface area contributed by atoms with Gasteiger partial charge in [-0.05, 0) is 35.4 Å². The molecule has 32 heavy (non-hydrogen) atoms. The minimum absolute atomic E-state index is 0.0335. The van der Waals surface area contributed by atoms with E-state index in [0.717, 1.165) is 16.7 Å². The van der Waals surface area contributed by atoms with E-state index < -0.39 is 0 Å². The lowest BCUT2D eigenvalue weighted by Gasteiger charge is -2.18. The van der Waals surface area contributed by atoms with Crippen LogP contribution in [0.25, 0.3) is 17.1 Å². The molecule has 5 aromatic rings. The number of pyridine rings is 1. The summed E-state index contributed by atoms with van der Waals surface area (Å²) in [6.45, 7) is 0. The molecular formula is C26H19FN4S. The third kappa shape index (κ3) is 4.05. The number of rotatable bonds is 6. The van der Waals surface area contributed by atoms with Crippen LogP contribution in [0.15, 0.2) is 115 Å². The first-order valence-electron chi connectivity index (χ1n) is 10.2. The van der Waals surface area contributed by atoms with Gasteiger partial charge in [0.05, 0.1) is 10.9 Å². The van der Waals surface area contributed by atoms with E-state index in [9.17, 15) is 4.39 Å². The van der Waals surface area contributed by atoms with E-state index in [2.05, 4.69) is 39.4 Å². The smallest absolute Gasteiger partial charge is 0.197 e. The second kappa shape index (κ2) is 9.16. The van der Waals surface area contributed by atoms with Crippen LogP contribution in [0.1, 0.15) is 16.4 Å². The van der Waals surface area contributed by atoms with Crippen molar-refractivity contribution >= 4 is 11.8 Å². The summed E-state index contributed by atoms with van der Waals surface area (Å²) in [4.78, 5) is 4.20. The van der Waals surface area contributed by atoms with Crippen LogP contribution in [0, 0.1) is 5.82 Å². The van der Waals surface area contributed by atoms with E-state index in [0.29, 0.717) is 16.7 Å². The predicted molar refractivity (Wildman–Crippen MR) is 125 cm³/mol. The Kier molecular flexibility index (Phi) is 5.77. The molecule has 3 aromatic carbocycles. The van der Waals surface area contributed by atoms with Crippen molar-refractivity contribution in [1.29, 1.82) is 0 Å². The highest BCUT2D eigenvalue weighted by Crippen LogP contribution is 2.41. The molecule has 6 heteroatoms. The Bertz CT molecular complexity index is 1270. The summed E-state index contributed by atoms with van der Waals surface area (Å²) < 4.78 is 16.7. The molecular weight excluding hydrogens is 419 g/mol. The van der Waals surface area contributed by atoms with E-state index in [1.54, 1.807) is 40.9 Å². The third-order valence-corrected chi connectivity index (χ3v) is 6.33. The van der Waals surface area contributed by atoms with Gasteiger partial charge in [-0.15, -0.1) is 10.2 Å². The van der Waals surface area contributed by atoms with E-state index in [1.807, 2.05) is 54.6 Å². The topological polar surface area (TPSA) is 43.6 Å². The predicted octanol–water partition coefficient (Wildman–Crippen LogP) is 6.35. The van der Waals surface area contributed by atoms with Gasteiger partial charge in [0.15, 0.2) is 11.0 Å². The fourth-order valence-corrected chi connectivity index (χ4v) is 4.74. The largest absolute Gasteiger partial charge is 0.267 e. The Morgan fingerprint density at radius 2 is 1.38 bits per heavy atom. The van der Waals surface area contributed by atoms with Gasteiger partial charge in [-0.25, -0.2) is 4.39 Å². The normalized spacial score (nSPS) is 11.1. The van der Waals surface area contributed by atoms with Crippen molar-refractivity contribution in [2.24, 2.45) is 0 Å². The minimum atomic E-state index is -0.338. The van der Waals surface area contributed by atoms with Crippen LogP contribution in [-0.4, -0.2) is 19.7 Å². The Balaban J connectivity index is 1.66. The van der Waals surface area contributed by atoms with Crippen molar-refractivity contribution in [2.75, 3.05) is 0 Å². The Morgan fingerprint density at radius 3 is 2.00 bits per heavy atom. The summed E-state index contributed by atoms with van der Waals surface area (Å²) in [5.74, 6) is 0.209. The monoisotopic (exact) mass is 438 g/mol. The highest BCUT2D eigenvalue weighted by atomic mass is 32.2. The fraction of sp³-hybridized carbons (Fsp3) is 0.0385. The number of hydrogen-bond donors (Lipinski definition) is 0. The van der Waals surface area contributed by atoms with Gasteiger partial charge in [0.1, 0.15) is 5.82 Å². The molecule has 0 fully saturated rings. The highest BCUT2D eigenvalue weighted by Gasteiger charge is 2.23. The molecule has 156 valence electrons. The molecule has 5 rings (SSSR count). The van der Waals surface area contributed by atoms with Crippen LogP contribution in [0.5, 0.6) is 0 Å². The molecule has 0 aliphatic heterocycles. The first-order valence-corrected chi connectivity index (χ1v) is 11.1. The summed E-state index contributed by atoms with van der Waals surface area (Å²) >= 11 is 1.54. The van der Waals surface area contributed by atoms with Crippen molar-refractivity contribution in [1.82, 2.24) is 19.7 Å². The minimum Gasteiger partial charge on any atom is -0.267 e. The Morgan fingerprint density at radius 1 is 0.719 bits per heavy atom. The quantitative estimate of drug-likeness (QED) is 0.290. The molecule has 4 nitrogen and oxygen atoms in total. The molecule has 0 unspecified atom stereocenters. The zero-order valence-electron chi connectivity index (χ0n) is 17.0. The van der Waals surface area contributed by atoms with Crippen LogP contribution >= 0.6 is 11.8 Å². The molecule has 0 saturated heterocycles. The lowest BCUT2D eigenvalue weighted by Crippen LogP contribution is -2.04. The number of aromatic nitrogens is 4. The van der Waals surface area contributed by atoms with E-state index in [-0.39, 0.29) is 11.1 Å². The lowest BCUT2D eigenvalue weighted by molar-refractivity contribution is 0.613. The van der Waals surface area contributed by atoms with Crippen LogP contribution in [0.2, 0.25) is 0 Å². The molecule has 2 heterocycles. The van der Waals surface area contributed by atoms with Gasteiger partial charge in [0, 0.05) is 18.0 Å². The summed E-state index contributed by atoms with van der Waals surface area (Å²) in [5, 5.41) is 9.48. The Hall–Kier alpha value is -3.77. The van der Waals surface area contributed by atoms with Gasteiger partial charge in [0.2, 0.25) is 0 Å². The molecule has 0 amide bonds. The number of nitrogens with zero attached hydrogens (tertiary/aromatic N) is 4. The SMILES string of the molecule is Fc1ccccc1-n1c(SC(c2ccccc2)c2ccccc2)nnc1-c1cccnc1. The molecule has 0 atom stereocenters. The summed E-state index contributed by atoms with van der Waals surface area (Å²) in [6, 6.07) is 30.9. The standard InChI is InChI=1S/C26H19FN4S/c27-22-15-7-8-16-23(22)31-25(21-14-9-17-28-18-21)29-30-26(31)32-24(19-10-3-1-4-11-19)20-12-5-2-6-13-20/h1-18,24H. The lowest BCUT2D eigenvalue weighted by atomic mass is 10.0. The van der Waals surface area contributed by atoms with Gasteiger partial charge < -0.3 is 0 Å². The van der Waals surface area contributed by atoms with Gasteiger partial charge in [-0.2, -0.15) is 0 Å². The van der Waals surface area contributed by atoms with Crippen LogP contribution in [0.4, 0.5) is 4.39 Å². The summed E-state index contributed by atoms with van der Waals surface area (Å²) in [5.41, 5.74) is 3.44. The van der Waals surface area contributed by atoms with Gasteiger partial charge in [0.25, 0.3) is 0 Å². The molecule has 0 spiro atoms. The van der Waals surface area contributed by atoms with Crippen LogP contribution in [0.3, 0.4) is 0 Å². The number of halogens is 1. The van der Waals surface area contributed by atoms with Crippen LogP contribution < -0.4 is 0 Å². The maximum atomic E-state index is 14.9. The average molecular weight is 439 g/mol. The summed E-state index contributed by atoms with van der Waals surface area (Å²) in [7, 11) is 0. The number of para-hydroxylation sites is 1. The second-order valence-electron chi connectivity index (χ2n) is 7.15. The van der Waals surface area contributed by atoms with Gasteiger partial charge >= 0.3 is 0 Å². The molecule has 0 N–H and O–H groups in total. The highest BCUT2D eigenvalue weighted by molar-refractivity contribution is 7.99. The first kappa shape index (κ1) is 20.2. The van der Waals surface area contributed by atoms with Crippen molar-refractivity contribution in [3.05, 3.63) is 126 Å². The Labute approximate surface area is 189 Å². The molecule has 0 saturated carbocycles. The van der Waals surface area contributed by atoms with Crippen molar-refractivity contribution in [2.45, 2.75) is 10.4 Å². The first-order chi connectivity index (χ1) is 15.8. The molecule has 2 aromatic heterocycles. The van der Waals surface area contributed by atoms with E-state index in [1.165, 1.54) is 6.07 Å². The van der Waals surface area contributed by atoms with Crippen LogP contribution in [-0.2, 0) is 0 Å². The molecule has 0 aliphatic rings. The van der Waals surface area contributed by atoms with E-state index >= 15 is 0 Å². The number of thioether (sulfide) groups is 1. The van der Waals surface area contributed by atoms with Gasteiger partial charge in [-0.3, -0.25) is 9.55 Å². The summed E-state index contributed by atoms with van der Waals surface area (Å²) in [6.07, 6.45) is 3.41.